The van der Waals surface area contributed by atoms with Crippen LogP contribution in [-0.2, 0) is 16.1 Å². The zero-order valence-electron chi connectivity index (χ0n) is 13.9. The minimum absolute atomic E-state index is 0.118. The summed E-state index contributed by atoms with van der Waals surface area (Å²) in [5.74, 6) is 0.175. The Labute approximate surface area is 146 Å². The van der Waals surface area contributed by atoms with Crippen molar-refractivity contribution in [3.8, 4) is 0 Å². The van der Waals surface area contributed by atoms with Crippen LogP contribution < -0.4 is 4.90 Å². The van der Waals surface area contributed by atoms with Gasteiger partial charge >= 0.3 is 0 Å². The fourth-order valence-electron chi connectivity index (χ4n) is 3.61. The molecule has 0 spiro atoms. The van der Waals surface area contributed by atoms with Crippen molar-refractivity contribution in [2.75, 3.05) is 18.1 Å². The molecule has 7 heteroatoms. The van der Waals surface area contributed by atoms with Gasteiger partial charge in [-0.15, -0.1) is 0 Å². The molecule has 0 amide bonds. The van der Waals surface area contributed by atoms with Gasteiger partial charge in [-0.05, 0) is 30.9 Å². The first kappa shape index (κ1) is 16.4. The maximum atomic E-state index is 13.0. The van der Waals surface area contributed by atoms with Crippen molar-refractivity contribution < 1.29 is 13.9 Å². The standard InChI is InChI=1S/C18H21FN4O2/c19-14-9-21-18(22-10-14)23-7-5-17-16(23)4-3-15(25-17)12-24-11-13-2-1-6-20-8-13/h1-2,6,8-10,15-17H,3-5,7,11-12H2/t15?,16-,17-/m0/s1. The van der Waals surface area contributed by atoms with Gasteiger partial charge in [-0.25, -0.2) is 14.4 Å². The Kier molecular flexibility index (Phi) is 4.85. The quantitative estimate of drug-likeness (QED) is 0.830. The smallest absolute Gasteiger partial charge is 0.225 e. The van der Waals surface area contributed by atoms with E-state index in [1.165, 1.54) is 12.4 Å². The molecule has 2 aliphatic rings. The van der Waals surface area contributed by atoms with E-state index >= 15 is 0 Å². The van der Waals surface area contributed by atoms with E-state index in [-0.39, 0.29) is 18.2 Å². The van der Waals surface area contributed by atoms with E-state index in [9.17, 15) is 4.39 Å². The van der Waals surface area contributed by atoms with Gasteiger partial charge in [0.15, 0.2) is 5.82 Å². The number of pyridine rings is 1. The third kappa shape index (κ3) is 3.77. The van der Waals surface area contributed by atoms with Crippen molar-refractivity contribution in [2.45, 2.75) is 44.1 Å². The van der Waals surface area contributed by atoms with E-state index in [2.05, 4.69) is 19.9 Å². The van der Waals surface area contributed by atoms with Crippen molar-refractivity contribution in [1.82, 2.24) is 15.0 Å². The third-order valence-electron chi connectivity index (χ3n) is 4.79. The molecule has 4 rings (SSSR count). The molecule has 2 saturated heterocycles. The lowest BCUT2D eigenvalue weighted by Crippen LogP contribution is -2.44. The molecule has 0 radical (unpaired) electrons. The highest BCUT2D eigenvalue weighted by atomic mass is 19.1. The summed E-state index contributed by atoms with van der Waals surface area (Å²) in [6.45, 7) is 1.98. The zero-order chi connectivity index (χ0) is 17.1. The summed E-state index contributed by atoms with van der Waals surface area (Å²) in [5.41, 5.74) is 1.07. The Hall–Kier alpha value is -2.12. The highest BCUT2D eigenvalue weighted by molar-refractivity contribution is 5.34. The second-order valence-corrected chi connectivity index (χ2v) is 6.50. The molecule has 2 aromatic heterocycles. The molecule has 0 saturated carbocycles. The van der Waals surface area contributed by atoms with E-state index in [4.69, 9.17) is 9.47 Å². The first-order valence-electron chi connectivity index (χ1n) is 8.66. The molecule has 0 aromatic carbocycles. The largest absolute Gasteiger partial charge is 0.374 e. The predicted molar refractivity (Wildman–Crippen MR) is 89.5 cm³/mol. The Bertz CT molecular complexity index is 685. The Morgan fingerprint density at radius 2 is 2.08 bits per heavy atom. The molecule has 1 unspecified atom stereocenters. The molecular formula is C18H21FN4O2. The lowest BCUT2D eigenvalue weighted by molar-refractivity contribution is -0.0889. The summed E-state index contributed by atoms with van der Waals surface area (Å²) in [7, 11) is 0. The van der Waals surface area contributed by atoms with Gasteiger partial charge in [-0.3, -0.25) is 4.98 Å². The second-order valence-electron chi connectivity index (χ2n) is 6.50. The van der Waals surface area contributed by atoms with E-state index in [1.807, 2.05) is 18.3 Å². The molecule has 25 heavy (non-hydrogen) atoms. The highest BCUT2D eigenvalue weighted by Crippen LogP contribution is 2.33. The Morgan fingerprint density at radius 1 is 1.20 bits per heavy atom. The number of aromatic nitrogens is 3. The van der Waals surface area contributed by atoms with Crippen molar-refractivity contribution in [3.63, 3.8) is 0 Å². The average molecular weight is 344 g/mol. The summed E-state index contributed by atoms with van der Waals surface area (Å²) in [6.07, 6.45) is 9.16. The summed E-state index contributed by atoms with van der Waals surface area (Å²) in [6, 6.07) is 4.17. The second kappa shape index (κ2) is 7.41. The van der Waals surface area contributed by atoms with Gasteiger partial charge in [0.25, 0.3) is 0 Å². The number of fused-ring (bicyclic) bond motifs is 1. The van der Waals surface area contributed by atoms with E-state index in [0.717, 1.165) is 31.4 Å². The fraction of sp³-hybridized carbons (Fsp3) is 0.500. The molecule has 4 heterocycles. The topological polar surface area (TPSA) is 60.4 Å². The molecule has 3 atom stereocenters. The van der Waals surface area contributed by atoms with Crippen LogP contribution in [-0.4, -0.2) is 46.4 Å². The van der Waals surface area contributed by atoms with Crippen LogP contribution in [0.25, 0.3) is 0 Å². The van der Waals surface area contributed by atoms with Crippen LogP contribution in [0.4, 0.5) is 10.3 Å². The molecule has 2 aliphatic heterocycles. The van der Waals surface area contributed by atoms with Crippen LogP contribution in [0.15, 0.2) is 36.9 Å². The maximum Gasteiger partial charge on any atom is 0.225 e. The highest BCUT2D eigenvalue weighted by Gasteiger charge is 2.40. The molecule has 6 nitrogen and oxygen atoms in total. The monoisotopic (exact) mass is 344 g/mol. The molecule has 0 aliphatic carbocycles. The van der Waals surface area contributed by atoms with Crippen LogP contribution in [0.1, 0.15) is 24.8 Å². The minimum atomic E-state index is -0.412. The van der Waals surface area contributed by atoms with Gasteiger partial charge < -0.3 is 14.4 Å². The summed E-state index contributed by atoms with van der Waals surface area (Å²) < 4.78 is 25.0. The molecule has 0 N–H and O–H groups in total. The van der Waals surface area contributed by atoms with Crippen LogP contribution >= 0.6 is 0 Å². The number of anilines is 1. The molecule has 132 valence electrons. The number of hydrogen-bond donors (Lipinski definition) is 0. The van der Waals surface area contributed by atoms with Gasteiger partial charge in [-0.2, -0.15) is 0 Å². The lowest BCUT2D eigenvalue weighted by Gasteiger charge is -2.35. The fourth-order valence-corrected chi connectivity index (χ4v) is 3.61. The van der Waals surface area contributed by atoms with Crippen LogP contribution in [0.2, 0.25) is 0 Å². The van der Waals surface area contributed by atoms with Crippen molar-refractivity contribution >= 4 is 5.95 Å². The Balaban J connectivity index is 1.29. The van der Waals surface area contributed by atoms with Crippen molar-refractivity contribution in [3.05, 3.63) is 48.3 Å². The number of hydrogen-bond acceptors (Lipinski definition) is 6. The van der Waals surface area contributed by atoms with Crippen LogP contribution in [0.5, 0.6) is 0 Å². The minimum Gasteiger partial charge on any atom is -0.374 e. The van der Waals surface area contributed by atoms with Crippen LogP contribution in [0.3, 0.4) is 0 Å². The van der Waals surface area contributed by atoms with E-state index in [1.54, 1.807) is 6.20 Å². The van der Waals surface area contributed by atoms with Gasteiger partial charge in [0.2, 0.25) is 5.95 Å². The summed E-state index contributed by atoms with van der Waals surface area (Å²) >= 11 is 0. The maximum absolute atomic E-state index is 13.0. The summed E-state index contributed by atoms with van der Waals surface area (Å²) in [4.78, 5) is 14.4. The molecular weight excluding hydrogens is 323 g/mol. The molecule has 0 bridgehead atoms. The number of nitrogens with zero attached hydrogens (tertiary/aromatic N) is 4. The average Bonchev–Trinajstić information content (AvgIpc) is 3.06. The number of ether oxygens (including phenoxy) is 2. The lowest BCUT2D eigenvalue weighted by atomic mass is 9.99. The summed E-state index contributed by atoms with van der Waals surface area (Å²) in [5, 5.41) is 0. The molecule has 2 fully saturated rings. The molecule has 2 aromatic rings. The number of rotatable bonds is 5. The Morgan fingerprint density at radius 3 is 2.88 bits per heavy atom. The third-order valence-corrected chi connectivity index (χ3v) is 4.79. The van der Waals surface area contributed by atoms with Gasteiger partial charge in [0.1, 0.15) is 0 Å². The predicted octanol–water partition coefficient (Wildman–Crippen LogP) is 2.35. The number of halogens is 1. The SMILES string of the molecule is Fc1cnc(N2CC[C@@H]3OC(COCc4cccnc4)CC[C@@H]32)nc1. The first-order valence-corrected chi connectivity index (χ1v) is 8.66. The van der Waals surface area contributed by atoms with Crippen molar-refractivity contribution in [1.29, 1.82) is 0 Å². The zero-order valence-corrected chi connectivity index (χ0v) is 13.9. The van der Waals surface area contributed by atoms with Crippen LogP contribution in [0, 0.1) is 5.82 Å². The van der Waals surface area contributed by atoms with Gasteiger partial charge in [0.05, 0.1) is 43.9 Å². The van der Waals surface area contributed by atoms with E-state index in [0.29, 0.717) is 19.2 Å². The first-order chi connectivity index (χ1) is 12.3. The van der Waals surface area contributed by atoms with Crippen molar-refractivity contribution in [2.24, 2.45) is 0 Å². The van der Waals surface area contributed by atoms with Gasteiger partial charge in [0, 0.05) is 18.9 Å². The normalized spacial score (nSPS) is 25.8. The van der Waals surface area contributed by atoms with Gasteiger partial charge in [-0.1, -0.05) is 6.07 Å². The van der Waals surface area contributed by atoms with E-state index < -0.39 is 5.82 Å².